The highest BCUT2D eigenvalue weighted by Crippen LogP contribution is 2.14. The van der Waals surface area contributed by atoms with Crippen molar-refractivity contribution in [3.63, 3.8) is 0 Å². The van der Waals surface area contributed by atoms with Crippen molar-refractivity contribution in [2.24, 2.45) is 5.73 Å². The van der Waals surface area contributed by atoms with Crippen LogP contribution in [-0.2, 0) is 43.2 Å². The number of carbonyl (C=O) groups excluding carboxylic acids is 4. The molecular weight excluding hydrogens is 594 g/mol. The third kappa shape index (κ3) is 10.9. The number of carboxylic acids is 1. The summed E-state index contributed by atoms with van der Waals surface area (Å²) in [7, 11) is 0. The Kier molecular flexibility index (Phi) is 12.6. The summed E-state index contributed by atoms with van der Waals surface area (Å²) in [4.78, 5) is 64.4. The summed E-state index contributed by atoms with van der Waals surface area (Å²) < 4.78 is 0. The second-order valence-corrected chi connectivity index (χ2v) is 11.0. The smallest absolute Gasteiger partial charge is 0.326 e. The quantitative estimate of drug-likeness (QED) is 0.117. The van der Waals surface area contributed by atoms with E-state index < -0.39 is 59.8 Å². The van der Waals surface area contributed by atoms with Gasteiger partial charge in [-0.15, -0.1) is 0 Å². The standard InChI is InChI=1S/C33H39N5O8/c1-19(34)29(41)36-27(16-21-6-4-3-5-7-21)32(44)37-26(17-22-8-12-24(39)13-9-22)31(43)35-20(2)30(42)38-28(33(45)46)18-23-10-14-25(40)15-11-23/h3-15,19-20,26-28,39-40H,16-18,34H2,1-2H3,(H,35,43)(H,36,41)(H,37,44)(H,38,42)(H,45,46)/t19-,20-,26-,27-,28-/m1/s1. The molecule has 9 N–H and O–H groups in total. The monoisotopic (exact) mass is 633 g/mol. The zero-order chi connectivity index (χ0) is 33.8. The second kappa shape index (κ2) is 16.6. The molecule has 5 atom stereocenters. The molecular formula is C33H39N5O8. The summed E-state index contributed by atoms with van der Waals surface area (Å²) in [5, 5.41) is 39.1. The number of benzene rings is 3. The molecule has 0 aliphatic heterocycles. The summed E-state index contributed by atoms with van der Waals surface area (Å²) in [5.41, 5.74) is 7.60. The molecule has 0 saturated heterocycles. The Morgan fingerprint density at radius 1 is 0.565 bits per heavy atom. The lowest BCUT2D eigenvalue weighted by Gasteiger charge is -2.25. The molecule has 0 bridgehead atoms. The number of hydrogen-bond acceptors (Lipinski definition) is 8. The molecule has 0 aliphatic carbocycles. The second-order valence-electron chi connectivity index (χ2n) is 11.0. The zero-order valence-electron chi connectivity index (χ0n) is 25.5. The van der Waals surface area contributed by atoms with Gasteiger partial charge in [0, 0.05) is 19.3 Å². The number of aliphatic carboxylic acids is 1. The lowest BCUT2D eigenvalue weighted by Crippen LogP contribution is -2.58. The average Bonchev–Trinajstić information content (AvgIpc) is 3.02. The third-order valence-corrected chi connectivity index (χ3v) is 7.08. The van der Waals surface area contributed by atoms with E-state index in [0.717, 1.165) is 5.56 Å². The van der Waals surface area contributed by atoms with E-state index in [9.17, 15) is 39.3 Å². The average molecular weight is 634 g/mol. The largest absolute Gasteiger partial charge is 0.508 e. The van der Waals surface area contributed by atoms with Gasteiger partial charge in [-0.25, -0.2) is 4.79 Å². The molecule has 0 aromatic heterocycles. The summed E-state index contributed by atoms with van der Waals surface area (Å²) in [6, 6.07) is 15.0. The Bertz CT molecular complexity index is 1500. The van der Waals surface area contributed by atoms with Gasteiger partial charge in [0.2, 0.25) is 23.6 Å². The van der Waals surface area contributed by atoms with Gasteiger partial charge in [0.05, 0.1) is 6.04 Å². The van der Waals surface area contributed by atoms with E-state index in [1.807, 2.05) is 0 Å². The topological polar surface area (TPSA) is 220 Å². The van der Waals surface area contributed by atoms with Crippen LogP contribution in [0, 0.1) is 0 Å². The molecule has 0 unspecified atom stereocenters. The van der Waals surface area contributed by atoms with Gasteiger partial charge in [0.15, 0.2) is 0 Å². The van der Waals surface area contributed by atoms with Crippen LogP contribution in [0.25, 0.3) is 0 Å². The summed E-state index contributed by atoms with van der Waals surface area (Å²) in [6.45, 7) is 2.84. The van der Waals surface area contributed by atoms with Crippen LogP contribution >= 0.6 is 0 Å². The highest BCUT2D eigenvalue weighted by Gasteiger charge is 2.30. The molecule has 3 aromatic rings. The van der Waals surface area contributed by atoms with Crippen molar-refractivity contribution in [3.05, 3.63) is 95.6 Å². The predicted molar refractivity (Wildman–Crippen MR) is 168 cm³/mol. The molecule has 3 rings (SSSR count). The van der Waals surface area contributed by atoms with E-state index >= 15 is 0 Å². The Hall–Kier alpha value is -5.43. The van der Waals surface area contributed by atoms with Gasteiger partial charge in [0.1, 0.15) is 35.7 Å². The lowest BCUT2D eigenvalue weighted by atomic mass is 10.0. The number of amides is 4. The van der Waals surface area contributed by atoms with Crippen molar-refractivity contribution in [2.75, 3.05) is 0 Å². The maximum atomic E-state index is 13.6. The van der Waals surface area contributed by atoms with E-state index in [2.05, 4.69) is 21.3 Å². The molecule has 4 amide bonds. The highest BCUT2D eigenvalue weighted by molar-refractivity contribution is 5.95. The summed E-state index contributed by atoms with van der Waals surface area (Å²) >= 11 is 0. The van der Waals surface area contributed by atoms with Crippen molar-refractivity contribution in [2.45, 2.75) is 63.3 Å². The molecule has 46 heavy (non-hydrogen) atoms. The number of phenolic OH excluding ortho intramolecular Hbond substituents is 2. The van der Waals surface area contributed by atoms with Crippen LogP contribution in [0.15, 0.2) is 78.9 Å². The number of nitrogens with two attached hydrogens (primary N) is 1. The van der Waals surface area contributed by atoms with Crippen molar-refractivity contribution in [1.82, 2.24) is 21.3 Å². The molecule has 0 spiro atoms. The molecule has 0 saturated carbocycles. The fourth-order valence-corrected chi connectivity index (χ4v) is 4.46. The molecule has 0 heterocycles. The number of nitrogens with one attached hydrogen (secondary N) is 4. The Labute approximate surface area is 266 Å². The normalized spacial score (nSPS) is 14.1. The van der Waals surface area contributed by atoms with Crippen molar-refractivity contribution < 1.29 is 39.3 Å². The van der Waals surface area contributed by atoms with E-state index in [0.29, 0.717) is 11.1 Å². The van der Waals surface area contributed by atoms with Gasteiger partial charge in [-0.1, -0.05) is 54.6 Å². The van der Waals surface area contributed by atoms with Gasteiger partial charge in [-0.05, 0) is 54.8 Å². The first-order valence-corrected chi connectivity index (χ1v) is 14.6. The van der Waals surface area contributed by atoms with Crippen LogP contribution in [0.3, 0.4) is 0 Å². The Morgan fingerprint density at radius 3 is 1.41 bits per heavy atom. The van der Waals surface area contributed by atoms with Gasteiger partial charge >= 0.3 is 5.97 Å². The molecule has 3 aromatic carbocycles. The third-order valence-electron chi connectivity index (χ3n) is 7.08. The minimum absolute atomic E-state index is 0.000843. The van der Waals surface area contributed by atoms with Gasteiger partial charge in [-0.3, -0.25) is 19.2 Å². The molecule has 244 valence electrons. The van der Waals surface area contributed by atoms with Crippen LogP contribution in [0.4, 0.5) is 0 Å². The number of carboxylic acid groups (broad SMARTS) is 1. The highest BCUT2D eigenvalue weighted by atomic mass is 16.4. The SMILES string of the molecule is C[C@@H](N)C(=O)N[C@H](Cc1ccccc1)C(=O)N[C@H](Cc1ccc(O)cc1)C(=O)N[C@H](C)C(=O)N[C@H](Cc1ccc(O)cc1)C(=O)O. The van der Waals surface area contributed by atoms with Crippen LogP contribution in [-0.4, -0.2) is 75.1 Å². The van der Waals surface area contributed by atoms with E-state index in [1.165, 1.54) is 50.2 Å². The lowest BCUT2D eigenvalue weighted by molar-refractivity contribution is -0.142. The first kappa shape index (κ1) is 35.1. The number of carbonyl (C=O) groups is 5. The number of rotatable bonds is 15. The maximum Gasteiger partial charge on any atom is 0.326 e. The van der Waals surface area contributed by atoms with Gasteiger partial charge in [-0.2, -0.15) is 0 Å². The van der Waals surface area contributed by atoms with Gasteiger partial charge < -0.3 is 42.3 Å². The fraction of sp³-hybridized carbons (Fsp3) is 0.303. The minimum atomic E-state index is -1.32. The number of aromatic hydroxyl groups is 2. The molecule has 0 fully saturated rings. The number of hydrogen-bond donors (Lipinski definition) is 8. The Balaban J connectivity index is 1.77. The fourth-order valence-electron chi connectivity index (χ4n) is 4.46. The first-order valence-electron chi connectivity index (χ1n) is 14.6. The summed E-state index contributed by atoms with van der Waals surface area (Å²) in [5.74, 6) is -4.05. The van der Waals surface area contributed by atoms with Gasteiger partial charge in [0.25, 0.3) is 0 Å². The van der Waals surface area contributed by atoms with E-state index in [-0.39, 0.29) is 30.8 Å². The predicted octanol–water partition coefficient (Wildman–Crippen LogP) is 0.517. The molecule has 0 radical (unpaired) electrons. The van der Waals surface area contributed by atoms with Crippen molar-refractivity contribution in [3.8, 4) is 11.5 Å². The maximum absolute atomic E-state index is 13.6. The molecule has 13 heteroatoms. The van der Waals surface area contributed by atoms with Crippen molar-refractivity contribution >= 4 is 29.6 Å². The van der Waals surface area contributed by atoms with Crippen molar-refractivity contribution in [1.29, 1.82) is 0 Å². The summed E-state index contributed by atoms with van der Waals surface area (Å²) in [6.07, 6.45) is -0.00329. The van der Waals surface area contributed by atoms with Crippen LogP contribution in [0.2, 0.25) is 0 Å². The van der Waals surface area contributed by atoms with Crippen LogP contribution in [0.5, 0.6) is 11.5 Å². The molecule has 0 aliphatic rings. The number of phenols is 2. The Morgan fingerprint density at radius 2 is 0.957 bits per heavy atom. The van der Waals surface area contributed by atoms with E-state index in [1.54, 1.807) is 42.5 Å². The minimum Gasteiger partial charge on any atom is -0.508 e. The first-order chi connectivity index (χ1) is 21.8. The zero-order valence-corrected chi connectivity index (χ0v) is 25.5. The molecule has 13 nitrogen and oxygen atoms in total. The van der Waals surface area contributed by atoms with E-state index in [4.69, 9.17) is 5.73 Å². The van der Waals surface area contributed by atoms with Crippen LogP contribution in [0.1, 0.15) is 30.5 Å². The van der Waals surface area contributed by atoms with Crippen LogP contribution < -0.4 is 27.0 Å².